The van der Waals surface area contributed by atoms with E-state index >= 15 is 0 Å². The Morgan fingerprint density at radius 2 is 1.87 bits per heavy atom. The molecule has 0 saturated carbocycles. The fourth-order valence-electron chi connectivity index (χ4n) is 9.65. The number of carbonyl (C=O) groups excluding carboxylic acids is 3. The summed E-state index contributed by atoms with van der Waals surface area (Å²) in [5, 5.41) is 8.72. The summed E-state index contributed by atoms with van der Waals surface area (Å²) < 4.78 is 19.9. The second-order valence-corrected chi connectivity index (χ2v) is 19.3. The minimum Gasteiger partial charge on any atom is -0.380 e. The number of rotatable bonds is 10. The third kappa shape index (κ3) is 9.28. The minimum absolute atomic E-state index is 0.0133. The zero-order valence-corrected chi connectivity index (χ0v) is 39.0. The first-order valence-corrected chi connectivity index (χ1v) is 23.1. The van der Waals surface area contributed by atoms with Crippen LogP contribution in [0.3, 0.4) is 0 Å². The van der Waals surface area contributed by atoms with Gasteiger partial charge >= 0.3 is 6.03 Å². The van der Waals surface area contributed by atoms with E-state index in [4.69, 9.17) is 24.2 Å². The number of hydrogen-bond acceptors (Lipinski definition) is 10. The van der Waals surface area contributed by atoms with Crippen LogP contribution in [0.5, 0.6) is 0 Å². The molecule has 2 N–H and O–H groups in total. The summed E-state index contributed by atoms with van der Waals surface area (Å²) in [4.78, 5) is 55.8. The van der Waals surface area contributed by atoms with E-state index in [1.165, 1.54) is 27.2 Å². The van der Waals surface area contributed by atoms with Gasteiger partial charge < -0.3 is 33.9 Å². The van der Waals surface area contributed by atoms with E-state index in [0.29, 0.717) is 19.6 Å². The number of hydrogen-bond donors (Lipinski definition) is 2. The first-order valence-electron chi connectivity index (χ1n) is 22.2. The van der Waals surface area contributed by atoms with Crippen LogP contribution in [0, 0.1) is 11.3 Å². The number of urea groups is 1. The van der Waals surface area contributed by atoms with Crippen molar-refractivity contribution in [1.82, 2.24) is 40.1 Å². The molecule has 4 amide bonds. The van der Waals surface area contributed by atoms with E-state index in [9.17, 15) is 14.4 Å². The van der Waals surface area contributed by atoms with Crippen LogP contribution in [-0.2, 0) is 43.2 Å². The van der Waals surface area contributed by atoms with Gasteiger partial charge in [-0.15, -0.1) is 11.3 Å². The number of hydrazine groups is 1. The molecule has 1 aromatic carbocycles. The Morgan fingerprint density at radius 1 is 1.10 bits per heavy atom. The van der Waals surface area contributed by atoms with Crippen LogP contribution < -0.4 is 10.7 Å². The average molecular weight is 871 g/mol. The Balaban J connectivity index is 1.30. The zero-order valence-electron chi connectivity index (χ0n) is 38.2. The molecule has 14 nitrogen and oxygen atoms in total. The number of likely N-dealkylation sites (N-methyl/N-ethyl adjacent to an activating group) is 1. The summed E-state index contributed by atoms with van der Waals surface area (Å²) in [7, 11) is 6.77. The van der Waals surface area contributed by atoms with Crippen LogP contribution >= 0.6 is 11.3 Å². The van der Waals surface area contributed by atoms with Gasteiger partial charge in [0.25, 0.3) is 5.91 Å². The molecule has 7 rings (SSSR count). The standard InChI is InChI=1S/C47H66N8O6S/c1-11-54-38-17-16-30-22-33(38)34(43(54)32-14-12-20-48-41(32)29(4)59-8)24-47(5,6)19-18-39(61-10)35-15-13-21-55(51-35)45(57)36(23-40-49-37(30)27-62-40)50-44(56)42(28(2)3)52(7)46(58)53-25-31(26-53)60-9/h12,14,16-17,20,22,27-29,31,35-36,39,42,51H,11,13,15,18-19,21,23-26H2,1-10H3,(H,50,56)/t29-,35-,36-,39-,42?/m0/s1. The fourth-order valence-corrected chi connectivity index (χ4v) is 10.5. The van der Waals surface area contributed by atoms with Crippen molar-refractivity contribution < 1.29 is 28.6 Å². The van der Waals surface area contributed by atoms with Crippen LogP contribution in [0.2, 0.25) is 0 Å². The average Bonchev–Trinajstić information content (AvgIpc) is 3.83. The van der Waals surface area contributed by atoms with Gasteiger partial charge in [-0.2, -0.15) is 0 Å². The Morgan fingerprint density at radius 3 is 2.56 bits per heavy atom. The highest BCUT2D eigenvalue weighted by Gasteiger charge is 2.40. The molecule has 62 heavy (non-hydrogen) atoms. The quantitative estimate of drug-likeness (QED) is 0.175. The lowest BCUT2D eigenvalue weighted by atomic mass is 9.78. The van der Waals surface area contributed by atoms with Crippen molar-refractivity contribution in [2.75, 3.05) is 48.0 Å². The van der Waals surface area contributed by atoms with Crippen LogP contribution in [0.4, 0.5) is 4.79 Å². The summed E-state index contributed by atoms with van der Waals surface area (Å²) in [5.74, 6) is -0.840. The number of aryl methyl sites for hydroxylation is 1. The second kappa shape index (κ2) is 19.1. The number of carbonyl (C=O) groups is 3. The highest BCUT2D eigenvalue weighted by molar-refractivity contribution is 7.10. The molecule has 2 saturated heterocycles. The molecule has 3 aromatic heterocycles. The fraction of sp³-hybridized carbons (Fsp3) is 0.596. The molecular weight excluding hydrogens is 805 g/mol. The number of benzene rings is 1. The van der Waals surface area contributed by atoms with Crippen molar-refractivity contribution in [3.63, 3.8) is 0 Å². The molecule has 0 radical (unpaired) electrons. The van der Waals surface area contributed by atoms with Gasteiger partial charge in [0.05, 0.1) is 59.5 Å². The number of nitrogens with one attached hydrogen (secondary N) is 2. The highest BCUT2D eigenvalue weighted by Crippen LogP contribution is 2.43. The van der Waals surface area contributed by atoms with Gasteiger partial charge in [-0.05, 0) is 87.1 Å². The molecule has 4 aromatic rings. The molecule has 2 fully saturated rings. The maximum Gasteiger partial charge on any atom is 0.320 e. The molecule has 5 atom stereocenters. The number of thiazole rings is 1. The van der Waals surface area contributed by atoms with Gasteiger partial charge in [-0.25, -0.2) is 15.2 Å². The number of aromatic nitrogens is 3. The van der Waals surface area contributed by atoms with Crippen LogP contribution in [-0.4, -0.2) is 126 Å². The monoisotopic (exact) mass is 870 g/mol. The van der Waals surface area contributed by atoms with Crippen molar-refractivity contribution in [2.45, 2.75) is 123 Å². The lowest BCUT2D eigenvalue weighted by Crippen LogP contribution is -2.64. The number of nitrogens with zero attached hydrogens (tertiary/aromatic N) is 6. The van der Waals surface area contributed by atoms with E-state index in [1.807, 2.05) is 38.4 Å². The maximum atomic E-state index is 14.7. The van der Waals surface area contributed by atoms with Gasteiger partial charge in [0, 0.05) is 81.5 Å². The van der Waals surface area contributed by atoms with E-state index in [2.05, 4.69) is 60.3 Å². The molecule has 15 heteroatoms. The topological polar surface area (TPSA) is 143 Å². The SMILES string of the molecule is CCn1c(-c2cccnc2[C@H](C)OC)c2c3cc(ccc31)-c1csc(n1)C[C@H](NC(=O)C(C(C)C)N(C)C(=O)N1CC(OC)C1)C(=O)N1CCC[C@H](N1)[C@@H](OC)CCC(C)(C)C2. The molecule has 0 spiro atoms. The Kier molecular flexibility index (Phi) is 14.1. The number of likely N-dealkylation sites (tertiary alicyclic amines) is 1. The molecule has 6 heterocycles. The normalized spacial score (nSPS) is 22.0. The summed E-state index contributed by atoms with van der Waals surface area (Å²) in [6.07, 6.45) is 5.78. The maximum absolute atomic E-state index is 14.7. The molecule has 3 aliphatic rings. The number of amides is 4. The van der Waals surface area contributed by atoms with Crippen molar-refractivity contribution in [1.29, 1.82) is 0 Å². The van der Waals surface area contributed by atoms with E-state index in [-0.39, 0.29) is 60.0 Å². The van der Waals surface area contributed by atoms with E-state index in [1.54, 1.807) is 38.3 Å². The van der Waals surface area contributed by atoms with Gasteiger partial charge in [0.1, 0.15) is 12.1 Å². The second-order valence-electron chi connectivity index (χ2n) is 18.4. The minimum atomic E-state index is -0.934. The first-order chi connectivity index (χ1) is 29.7. The third-order valence-electron chi connectivity index (χ3n) is 13.2. The summed E-state index contributed by atoms with van der Waals surface area (Å²) in [5.41, 5.74) is 10.7. The number of ether oxygens (including phenoxy) is 3. The largest absolute Gasteiger partial charge is 0.380 e. The first kappa shape index (κ1) is 45.6. The number of methoxy groups -OCH3 is 3. The predicted molar refractivity (Wildman–Crippen MR) is 243 cm³/mol. The molecule has 0 aliphatic carbocycles. The highest BCUT2D eigenvalue weighted by atomic mass is 32.1. The van der Waals surface area contributed by atoms with Gasteiger partial charge in [-0.1, -0.05) is 33.8 Å². The summed E-state index contributed by atoms with van der Waals surface area (Å²) >= 11 is 1.48. The van der Waals surface area contributed by atoms with Crippen molar-refractivity contribution in [2.24, 2.45) is 11.3 Å². The van der Waals surface area contributed by atoms with E-state index in [0.717, 1.165) is 77.4 Å². The Labute approximate surface area is 370 Å². The van der Waals surface area contributed by atoms with Crippen molar-refractivity contribution >= 4 is 40.1 Å². The zero-order chi connectivity index (χ0) is 44.5. The van der Waals surface area contributed by atoms with Crippen LogP contribution in [0.1, 0.15) is 89.6 Å². The lowest BCUT2D eigenvalue weighted by molar-refractivity contribution is -0.143. The molecular formula is C47H66N8O6S. The molecule has 6 bridgehead atoms. The third-order valence-corrected chi connectivity index (χ3v) is 14.1. The summed E-state index contributed by atoms with van der Waals surface area (Å²) in [6.45, 7) is 15.0. The molecule has 1 unspecified atom stereocenters. The van der Waals surface area contributed by atoms with Crippen molar-refractivity contribution in [3.8, 4) is 22.5 Å². The van der Waals surface area contributed by atoms with Crippen LogP contribution in [0.15, 0.2) is 41.9 Å². The molecule has 3 aliphatic heterocycles. The Hall–Kier alpha value is -4.41. The lowest BCUT2D eigenvalue weighted by Gasteiger charge is -2.42. The van der Waals surface area contributed by atoms with Gasteiger partial charge in [0.2, 0.25) is 5.91 Å². The molecule has 336 valence electrons. The Bertz CT molecular complexity index is 2230. The number of pyridine rings is 1. The van der Waals surface area contributed by atoms with Gasteiger partial charge in [0.15, 0.2) is 0 Å². The van der Waals surface area contributed by atoms with Crippen molar-refractivity contribution in [3.05, 3.63) is 58.2 Å². The van der Waals surface area contributed by atoms with Gasteiger partial charge in [-0.3, -0.25) is 19.6 Å². The smallest absolute Gasteiger partial charge is 0.320 e. The van der Waals surface area contributed by atoms with Crippen LogP contribution in [0.25, 0.3) is 33.4 Å². The predicted octanol–water partition coefficient (Wildman–Crippen LogP) is 6.86. The summed E-state index contributed by atoms with van der Waals surface area (Å²) in [6, 6.07) is 8.69. The van der Waals surface area contributed by atoms with E-state index < -0.39 is 12.1 Å². The number of fused-ring (bicyclic) bond motifs is 6.